The molecule has 0 fully saturated rings. The first-order valence-electron chi connectivity index (χ1n) is 21.7. The van der Waals surface area contributed by atoms with E-state index in [-0.39, 0.29) is 46.4 Å². The molecule has 68 heavy (non-hydrogen) atoms. The maximum atomic E-state index is 12.6. The van der Waals surface area contributed by atoms with Crippen molar-refractivity contribution in [1.29, 1.82) is 0 Å². The summed E-state index contributed by atoms with van der Waals surface area (Å²) in [6.07, 6.45) is 0. The predicted molar refractivity (Wildman–Crippen MR) is 255 cm³/mol. The van der Waals surface area contributed by atoms with Crippen LogP contribution < -0.4 is 21.3 Å². The van der Waals surface area contributed by atoms with Crippen LogP contribution >= 0.6 is 0 Å². The molecule has 328 valence electrons. The zero-order valence-corrected chi connectivity index (χ0v) is 35.2. The van der Waals surface area contributed by atoms with E-state index in [0.717, 1.165) is 78.9 Å². The molecule has 8 aromatic rings. The SMILES string of the molecule is O=[N+]([O-])c1cc([N+](=O)[O-])c2cc1Nc1ccc3c(c1)C1c4ccccc4C3c3ccc(cc31)Nc1cc(c([N+](=O)[O-])cc1[N+](=O)[O-])Nc1ccc3c(c1)C1c4ccccc4C3c3ccc(cc31)N2. The van der Waals surface area contributed by atoms with Gasteiger partial charge in [-0.3, -0.25) is 40.5 Å². The van der Waals surface area contributed by atoms with Crippen molar-refractivity contribution in [2.45, 2.75) is 23.7 Å². The van der Waals surface area contributed by atoms with Crippen LogP contribution in [0.25, 0.3) is 0 Å². The number of nitrogens with one attached hydrogen (secondary N) is 4. The monoisotopic (exact) mass is 896 g/mol. The molecule has 0 amide bonds. The molecule has 0 saturated carbocycles. The van der Waals surface area contributed by atoms with E-state index >= 15 is 0 Å². The Balaban J connectivity index is 1.03. The average molecular weight is 897 g/mol. The van der Waals surface area contributed by atoms with Crippen molar-refractivity contribution in [3.8, 4) is 0 Å². The van der Waals surface area contributed by atoms with Crippen molar-refractivity contribution < 1.29 is 19.7 Å². The quantitative estimate of drug-likeness (QED) is 0.0957. The number of benzene rings is 8. The Labute approximate surface area is 384 Å². The van der Waals surface area contributed by atoms with Crippen LogP contribution in [-0.2, 0) is 0 Å². The Morgan fingerprint density at radius 2 is 0.500 bits per heavy atom. The lowest BCUT2D eigenvalue weighted by Crippen LogP contribution is -2.27. The zero-order chi connectivity index (χ0) is 46.3. The summed E-state index contributed by atoms with van der Waals surface area (Å²) in [5.74, 6) is -1.00. The Morgan fingerprint density at radius 3 is 0.735 bits per heavy atom. The molecule has 8 aromatic carbocycles. The molecule has 15 rings (SSSR count). The molecule has 16 bridgehead atoms. The van der Waals surface area contributed by atoms with Gasteiger partial charge in [0.2, 0.25) is 0 Å². The van der Waals surface area contributed by atoms with Gasteiger partial charge >= 0.3 is 0 Å². The van der Waals surface area contributed by atoms with E-state index in [1.165, 1.54) is 12.1 Å². The first kappa shape index (κ1) is 39.0. The van der Waals surface area contributed by atoms with Crippen LogP contribution in [-0.4, -0.2) is 19.7 Å². The molecule has 16 heteroatoms. The van der Waals surface area contributed by atoms with Crippen molar-refractivity contribution in [2.24, 2.45) is 0 Å². The molecule has 0 radical (unpaired) electrons. The van der Waals surface area contributed by atoms with E-state index in [2.05, 4.69) is 45.5 Å². The summed E-state index contributed by atoms with van der Waals surface area (Å²) in [6.45, 7) is 0. The summed E-state index contributed by atoms with van der Waals surface area (Å²) < 4.78 is 0. The zero-order valence-electron chi connectivity index (χ0n) is 35.2. The summed E-state index contributed by atoms with van der Waals surface area (Å²) in [5, 5.41) is 63.6. The van der Waals surface area contributed by atoms with E-state index in [0.29, 0.717) is 22.7 Å². The fraction of sp³-hybridized carbons (Fsp3) is 0.0769. The summed E-state index contributed by atoms with van der Waals surface area (Å²) in [5.41, 5.74) is 12.6. The number of fused-ring (bicyclic) bond motifs is 8. The number of nitro groups is 4. The van der Waals surface area contributed by atoms with Gasteiger partial charge in [0.1, 0.15) is 22.7 Å². The molecular formula is C52H32N8O8. The first-order chi connectivity index (χ1) is 33.0. The normalized spacial score (nSPS) is 17.8. The van der Waals surface area contributed by atoms with E-state index in [9.17, 15) is 40.5 Å². The van der Waals surface area contributed by atoms with Gasteiger partial charge in [0.05, 0.1) is 31.8 Å². The number of nitrogens with zero attached hydrogens (tertiary/aromatic N) is 4. The molecule has 6 aliphatic carbocycles. The highest BCUT2D eigenvalue weighted by molar-refractivity contribution is 5.86. The Kier molecular flexibility index (Phi) is 8.04. The molecule has 16 nitrogen and oxygen atoms in total. The van der Waals surface area contributed by atoms with E-state index in [1.807, 2.05) is 97.1 Å². The molecule has 1 aliphatic heterocycles. The van der Waals surface area contributed by atoms with Crippen molar-refractivity contribution >= 4 is 68.2 Å². The van der Waals surface area contributed by atoms with Crippen LogP contribution in [0.2, 0.25) is 0 Å². The Bertz CT molecular complexity index is 3250. The molecule has 0 atom stereocenters. The van der Waals surface area contributed by atoms with Crippen LogP contribution in [0.5, 0.6) is 0 Å². The summed E-state index contributed by atoms with van der Waals surface area (Å²) in [6, 6.07) is 44.1. The number of nitro benzene ring substituents is 4. The highest BCUT2D eigenvalue weighted by Gasteiger charge is 2.43. The van der Waals surface area contributed by atoms with Gasteiger partial charge in [0.15, 0.2) is 0 Å². The second-order valence-electron chi connectivity index (χ2n) is 17.7. The highest BCUT2D eigenvalue weighted by atomic mass is 16.6. The molecule has 1 heterocycles. The standard InChI is InChI=1S/C52H32N8O8/c61-57(62)45-23-47(59(65)66)43-21-41(45)53-25-9-13-33-37(17-25)51-31-7-3-1-5-29(31)49(33)34-14-10-26(18-38(34)51)54-42-22-44(48(60(67)68)24-46(42)58(63)64)56-28-12-16-36-40(20-28)52-32-8-4-2-6-30(32)50(36)35-15-11-27(55-43)19-39(35)52/h1-24,49-56H. The van der Waals surface area contributed by atoms with Crippen LogP contribution in [0.1, 0.15) is 90.4 Å². The lowest BCUT2D eigenvalue weighted by molar-refractivity contribution is -0.393. The summed E-state index contributed by atoms with van der Waals surface area (Å²) in [7, 11) is 0. The minimum absolute atomic E-state index is 0.0507. The lowest BCUT2D eigenvalue weighted by atomic mass is 9.61. The summed E-state index contributed by atoms with van der Waals surface area (Å²) >= 11 is 0. The second kappa shape index (κ2) is 14.0. The predicted octanol–water partition coefficient (Wildman–Crippen LogP) is 12.6. The van der Waals surface area contributed by atoms with Crippen LogP contribution in [0.3, 0.4) is 0 Å². The van der Waals surface area contributed by atoms with Gasteiger partial charge in [-0.2, -0.15) is 0 Å². The lowest BCUT2D eigenvalue weighted by Gasteiger charge is -2.42. The molecule has 0 saturated heterocycles. The fourth-order valence-electron chi connectivity index (χ4n) is 11.5. The van der Waals surface area contributed by atoms with Gasteiger partial charge in [-0.25, -0.2) is 0 Å². The smallest absolute Gasteiger partial charge is 0.299 e. The minimum Gasteiger partial charge on any atom is -0.350 e. The number of rotatable bonds is 4. The Hall–Kier alpha value is -9.44. The van der Waals surface area contributed by atoms with Gasteiger partial charge < -0.3 is 21.3 Å². The van der Waals surface area contributed by atoms with Crippen molar-refractivity contribution in [3.05, 3.63) is 253 Å². The van der Waals surface area contributed by atoms with E-state index in [1.54, 1.807) is 0 Å². The number of anilines is 8. The van der Waals surface area contributed by atoms with Gasteiger partial charge in [-0.1, -0.05) is 72.8 Å². The van der Waals surface area contributed by atoms with E-state index < -0.39 is 42.4 Å². The number of hydrogen-bond acceptors (Lipinski definition) is 12. The Morgan fingerprint density at radius 1 is 0.279 bits per heavy atom. The topological polar surface area (TPSA) is 221 Å². The average Bonchev–Trinajstić information content (AvgIpc) is 3.33. The van der Waals surface area contributed by atoms with Crippen molar-refractivity contribution in [2.75, 3.05) is 21.3 Å². The maximum absolute atomic E-state index is 12.6. The maximum Gasteiger partial charge on any atom is 0.299 e. The van der Waals surface area contributed by atoms with Crippen LogP contribution in [0.4, 0.5) is 68.2 Å². The first-order valence-corrected chi connectivity index (χ1v) is 21.7. The van der Waals surface area contributed by atoms with Gasteiger partial charge in [0.25, 0.3) is 22.7 Å². The molecular weight excluding hydrogens is 865 g/mol. The molecule has 7 aliphatic rings. The van der Waals surface area contributed by atoms with Gasteiger partial charge in [0, 0.05) is 46.4 Å². The fourth-order valence-corrected chi connectivity index (χ4v) is 11.5. The van der Waals surface area contributed by atoms with Crippen LogP contribution in [0, 0.1) is 40.5 Å². The molecule has 0 unspecified atom stereocenters. The second-order valence-corrected chi connectivity index (χ2v) is 17.7. The van der Waals surface area contributed by atoms with Gasteiger partial charge in [-0.05, 0) is 127 Å². The van der Waals surface area contributed by atoms with Crippen LogP contribution in [0.15, 0.2) is 146 Å². The largest absolute Gasteiger partial charge is 0.350 e. The van der Waals surface area contributed by atoms with Gasteiger partial charge in [-0.15, -0.1) is 0 Å². The third kappa shape index (κ3) is 5.60. The molecule has 4 N–H and O–H groups in total. The third-order valence-corrected chi connectivity index (χ3v) is 14.2. The van der Waals surface area contributed by atoms with Crippen molar-refractivity contribution in [3.63, 3.8) is 0 Å². The highest BCUT2D eigenvalue weighted by Crippen LogP contribution is 2.59. The van der Waals surface area contributed by atoms with Crippen molar-refractivity contribution in [1.82, 2.24) is 0 Å². The third-order valence-electron chi connectivity index (χ3n) is 14.2. The summed E-state index contributed by atoms with van der Waals surface area (Å²) in [4.78, 5) is 48.0. The number of hydrogen-bond donors (Lipinski definition) is 4. The molecule has 0 spiro atoms. The van der Waals surface area contributed by atoms with E-state index in [4.69, 9.17) is 0 Å². The minimum atomic E-state index is -0.638. The molecule has 0 aromatic heterocycles.